The van der Waals surface area contributed by atoms with Crippen LogP contribution in [0.2, 0.25) is 0 Å². The quantitative estimate of drug-likeness (QED) is 0.724. The molecule has 2 unspecified atom stereocenters. The van der Waals surface area contributed by atoms with Gasteiger partial charge in [-0.05, 0) is 19.9 Å². The predicted octanol–water partition coefficient (Wildman–Crippen LogP) is 0.712. The van der Waals surface area contributed by atoms with Crippen molar-refractivity contribution >= 4 is 5.78 Å². The van der Waals surface area contributed by atoms with Gasteiger partial charge in [0.25, 0.3) is 0 Å². The van der Waals surface area contributed by atoms with Gasteiger partial charge in [0.1, 0.15) is 5.69 Å². The van der Waals surface area contributed by atoms with E-state index >= 15 is 0 Å². The molecule has 18 heavy (non-hydrogen) atoms. The summed E-state index contributed by atoms with van der Waals surface area (Å²) in [6.45, 7) is 1.50. The number of Topliss-reactive ketones (excluding diaryl/α,β-unsaturated/α-hetero) is 1. The lowest BCUT2D eigenvalue weighted by atomic mass is 9.82. The number of imidazole rings is 1. The number of hydrogen-bond donors (Lipinski definition) is 0. The summed E-state index contributed by atoms with van der Waals surface area (Å²) in [5.74, 6) is 0.357. The summed E-state index contributed by atoms with van der Waals surface area (Å²) in [6, 6.07) is 0.777. The monoisotopic (exact) mass is 249 g/mol. The van der Waals surface area contributed by atoms with Crippen LogP contribution in [0.25, 0.3) is 0 Å². The van der Waals surface area contributed by atoms with Crippen molar-refractivity contribution in [1.29, 1.82) is 0 Å². The lowest BCUT2D eigenvalue weighted by Gasteiger charge is -2.46. The van der Waals surface area contributed by atoms with E-state index in [9.17, 15) is 4.79 Å². The number of carbonyl (C=O) groups is 1. The highest BCUT2D eigenvalue weighted by Gasteiger charge is 2.39. The van der Waals surface area contributed by atoms with Gasteiger partial charge in [-0.15, -0.1) is 0 Å². The molecule has 2 bridgehead atoms. The third kappa shape index (κ3) is 1.87. The zero-order chi connectivity index (χ0) is 12.7. The minimum atomic E-state index is 0.121. The Balaban J connectivity index is 1.78. The van der Waals surface area contributed by atoms with Crippen LogP contribution < -0.4 is 0 Å². The van der Waals surface area contributed by atoms with Crippen molar-refractivity contribution in [3.63, 3.8) is 0 Å². The number of piperidine rings is 1. The highest BCUT2D eigenvalue weighted by Crippen LogP contribution is 2.32. The minimum Gasteiger partial charge on any atom is -0.378 e. The maximum absolute atomic E-state index is 12.5. The van der Waals surface area contributed by atoms with E-state index in [4.69, 9.17) is 4.74 Å². The molecule has 1 aromatic rings. The number of aryl methyl sites for hydroxylation is 1. The summed E-state index contributed by atoms with van der Waals surface area (Å²) < 4.78 is 7.39. The van der Waals surface area contributed by atoms with Crippen LogP contribution in [0.1, 0.15) is 23.3 Å². The number of fused-ring (bicyclic) bond motifs is 2. The second-order valence-electron chi connectivity index (χ2n) is 5.43. The molecule has 0 aromatic carbocycles. The zero-order valence-corrected chi connectivity index (χ0v) is 10.9. The van der Waals surface area contributed by atoms with E-state index in [1.807, 2.05) is 11.6 Å². The number of hydrogen-bond acceptors (Lipinski definition) is 4. The fraction of sp³-hybridized carbons (Fsp3) is 0.692. The maximum Gasteiger partial charge on any atom is 0.184 e. The van der Waals surface area contributed by atoms with Gasteiger partial charge in [-0.1, -0.05) is 0 Å². The molecule has 0 spiro atoms. The number of ketones is 1. The lowest BCUT2D eigenvalue weighted by Crippen LogP contribution is -2.55. The van der Waals surface area contributed by atoms with Crippen molar-refractivity contribution in [1.82, 2.24) is 14.5 Å². The first-order valence-corrected chi connectivity index (χ1v) is 6.47. The molecule has 5 heteroatoms. The smallest absolute Gasteiger partial charge is 0.184 e. The van der Waals surface area contributed by atoms with Gasteiger partial charge < -0.3 is 9.30 Å². The van der Waals surface area contributed by atoms with E-state index in [1.54, 1.807) is 12.5 Å². The van der Waals surface area contributed by atoms with E-state index < -0.39 is 0 Å². The molecule has 0 radical (unpaired) electrons. The molecule has 5 nitrogen and oxygen atoms in total. The maximum atomic E-state index is 12.5. The van der Waals surface area contributed by atoms with Gasteiger partial charge >= 0.3 is 0 Å². The molecular formula is C13H19N3O2. The summed E-state index contributed by atoms with van der Waals surface area (Å²) in [4.78, 5) is 18.9. The molecular weight excluding hydrogens is 230 g/mol. The van der Waals surface area contributed by atoms with Crippen LogP contribution in [0.3, 0.4) is 0 Å². The number of rotatable bonds is 2. The zero-order valence-electron chi connectivity index (χ0n) is 10.9. The Morgan fingerprint density at radius 2 is 2.00 bits per heavy atom. The van der Waals surface area contributed by atoms with Crippen LogP contribution in [0.15, 0.2) is 12.5 Å². The molecule has 2 saturated heterocycles. The SMILES string of the molecule is CN1C2COCC1CC(C(=O)c1cncn1C)C2. The second kappa shape index (κ2) is 4.48. The van der Waals surface area contributed by atoms with E-state index in [0.717, 1.165) is 31.7 Å². The molecule has 98 valence electrons. The van der Waals surface area contributed by atoms with Gasteiger partial charge in [0.2, 0.25) is 0 Å². The van der Waals surface area contributed by atoms with Gasteiger partial charge in [0, 0.05) is 25.0 Å². The molecule has 2 aliphatic rings. The molecule has 0 N–H and O–H groups in total. The molecule has 3 heterocycles. The summed E-state index contributed by atoms with van der Waals surface area (Å²) >= 11 is 0. The Hall–Kier alpha value is -1.20. The normalized spacial score (nSPS) is 32.4. The Morgan fingerprint density at radius 1 is 1.33 bits per heavy atom. The van der Waals surface area contributed by atoms with Crippen molar-refractivity contribution in [2.75, 3.05) is 20.3 Å². The summed E-state index contributed by atoms with van der Waals surface area (Å²) in [6.07, 6.45) is 5.16. The number of aromatic nitrogens is 2. The molecule has 3 rings (SSSR count). The van der Waals surface area contributed by atoms with Crippen molar-refractivity contribution in [2.24, 2.45) is 13.0 Å². The molecule has 2 atom stereocenters. The largest absolute Gasteiger partial charge is 0.378 e. The van der Waals surface area contributed by atoms with Gasteiger partial charge in [-0.25, -0.2) is 4.98 Å². The summed E-state index contributed by atoms with van der Waals surface area (Å²) in [7, 11) is 4.02. The lowest BCUT2D eigenvalue weighted by molar-refractivity contribution is -0.0703. The predicted molar refractivity (Wildman–Crippen MR) is 66.4 cm³/mol. The molecule has 0 amide bonds. The van der Waals surface area contributed by atoms with Gasteiger partial charge in [0.15, 0.2) is 5.78 Å². The van der Waals surface area contributed by atoms with Gasteiger partial charge in [-0.3, -0.25) is 9.69 Å². The van der Waals surface area contributed by atoms with Gasteiger partial charge in [-0.2, -0.15) is 0 Å². The summed E-state index contributed by atoms with van der Waals surface area (Å²) in [5.41, 5.74) is 0.726. The number of morpholine rings is 1. The van der Waals surface area contributed by atoms with Crippen LogP contribution in [-0.4, -0.2) is 52.6 Å². The Kier molecular flexibility index (Phi) is 2.95. The number of ether oxygens (including phenoxy) is 1. The average Bonchev–Trinajstić information content (AvgIpc) is 2.74. The molecule has 0 aliphatic carbocycles. The fourth-order valence-corrected chi connectivity index (χ4v) is 3.11. The molecule has 1 aromatic heterocycles. The Morgan fingerprint density at radius 3 is 2.56 bits per heavy atom. The second-order valence-corrected chi connectivity index (χ2v) is 5.43. The van der Waals surface area contributed by atoms with Crippen molar-refractivity contribution in [3.8, 4) is 0 Å². The average molecular weight is 249 g/mol. The van der Waals surface area contributed by atoms with Crippen LogP contribution in [-0.2, 0) is 11.8 Å². The highest BCUT2D eigenvalue weighted by molar-refractivity contribution is 5.96. The number of likely N-dealkylation sites (N-methyl/N-ethyl adjacent to an activating group) is 1. The van der Waals surface area contributed by atoms with Crippen molar-refractivity contribution < 1.29 is 9.53 Å². The van der Waals surface area contributed by atoms with E-state index in [-0.39, 0.29) is 11.7 Å². The highest BCUT2D eigenvalue weighted by atomic mass is 16.5. The Labute approximate surface area is 107 Å². The van der Waals surface area contributed by atoms with Crippen LogP contribution >= 0.6 is 0 Å². The van der Waals surface area contributed by atoms with Crippen molar-refractivity contribution in [2.45, 2.75) is 24.9 Å². The first-order valence-electron chi connectivity index (χ1n) is 6.47. The topological polar surface area (TPSA) is 47.4 Å². The Bertz CT molecular complexity index is 443. The van der Waals surface area contributed by atoms with E-state index in [2.05, 4.69) is 16.9 Å². The van der Waals surface area contributed by atoms with E-state index in [1.165, 1.54) is 0 Å². The van der Waals surface area contributed by atoms with E-state index in [0.29, 0.717) is 12.1 Å². The van der Waals surface area contributed by atoms with Crippen LogP contribution in [0, 0.1) is 5.92 Å². The molecule has 0 saturated carbocycles. The minimum absolute atomic E-state index is 0.121. The first-order chi connectivity index (χ1) is 8.66. The summed E-state index contributed by atoms with van der Waals surface area (Å²) in [5, 5.41) is 0. The third-order valence-corrected chi connectivity index (χ3v) is 4.33. The third-order valence-electron chi connectivity index (χ3n) is 4.33. The standard InChI is InChI=1S/C13H19N3O2/c1-15-8-14-5-12(15)13(17)9-3-10-6-18-7-11(4-9)16(10)2/h5,8-11H,3-4,6-7H2,1-2H3. The number of carbonyl (C=O) groups excluding carboxylic acids is 1. The van der Waals surface area contributed by atoms with Crippen molar-refractivity contribution in [3.05, 3.63) is 18.2 Å². The van der Waals surface area contributed by atoms with Crippen LogP contribution in [0.5, 0.6) is 0 Å². The fourth-order valence-electron chi connectivity index (χ4n) is 3.11. The number of nitrogens with zero attached hydrogens (tertiary/aromatic N) is 3. The molecule has 2 aliphatic heterocycles. The van der Waals surface area contributed by atoms with Crippen LogP contribution in [0.4, 0.5) is 0 Å². The first kappa shape index (κ1) is 11.9. The van der Waals surface area contributed by atoms with Gasteiger partial charge in [0.05, 0.1) is 25.7 Å². The molecule has 2 fully saturated rings.